The summed E-state index contributed by atoms with van der Waals surface area (Å²) in [6.07, 6.45) is -5.65. The summed E-state index contributed by atoms with van der Waals surface area (Å²) in [5.41, 5.74) is 0. The summed E-state index contributed by atoms with van der Waals surface area (Å²) in [5.74, 6) is -1.29. The van der Waals surface area contributed by atoms with Gasteiger partial charge in [0.1, 0.15) is 13.0 Å². The van der Waals surface area contributed by atoms with Crippen LogP contribution in [-0.2, 0) is 19.0 Å². The normalized spacial score (nSPS) is 13.4. The van der Waals surface area contributed by atoms with Crippen LogP contribution in [0, 0.1) is 0 Å². The number of carbonyl (C=O) groups excluding carboxylic acids is 1. The number of alkyl halides is 3. The van der Waals surface area contributed by atoms with Gasteiger partial charge in [0, 0.05) is 6.61 Å². The van der Waals surface area contributed by atoms with Gasteiger partial charge in [0.05, 0.1) is 19.3 Å². The Morgan fingerprint density at radius 1 is 1.22 bits per heavy atom. The minimum Gasteiger partial charge on any atom is -0.463 e. The maximum absolute atomic E-state index is 11.8. The molecule has 108 valence electrons. The minimum atomic E-state index is -4.53. The Morgan fingerprint density at radius 3 is 2.44 bits per heavy atom. The molecule has 7 heteroatoms. The summed E-state index contributed by atoms with van der Waals surface area (Å²) < 4.78 is 50.2. The summed E-state index contributed by atoms with van der Waals surface area (Å²) in [4.78, 5) is 10.8. The van der Waals surface area contributed by atoms with E-state index in [1.165, 1.54) is 0 Å². The molecular weight excluding hydrogens is 253 g/mol. The fourth-order valence-corrected chi connectivity index (χ4v) is 1.03. The lowest BCUT2D eigenvalue weighted by Gasteiger charge is -2.14. The van der Waals surface area contributed by atoms with Crippen molar-refractivity contribution in [2.45, 2.75) is 39.0 Å². The van der Waals surface area contributed by atoms with E-state index >= 15 is 0 Å². The van der Waals surface area contributed by atoms with E-state index in [0.29, 0.717) is 19.8 Å². The molecule has 0 saturated heterocycles. The molecule has 0 amide bonds. The Bertz CT molecular complexity index is 231. The van der Waals surface area contributed by atoms with E-state index < -0.39 is 24.7 Å². The molecule has 0 aromatic carbocycles. The van der Waals surface area contributed by atoms with Crippen LogP contribution in [0.5, 0.6) is 0 Å². The number of hydrogen-bond acceptors (Lipinski definition) is 4. The lowest BCUT2D eigenvalue weighted by atomic mass is 10.4. The molecule has 1 atom stereocenters. The van der Waals surface area contributed by atoms with Crippen LogP contribution in [0.1, 0.15) is 26.7 Å². The maximum Gasteiger partial charge on any atom is 0.399 e. The Balaban J connectivity index is 3.52. The highest BCUT2D eigenvalue weighted by atomic mass is 19.4. The topological polar surface area (TPSA) is 44.8 Å². The molecule has 0 bridgehead atoms. The van der Waals surface area contributed by atoms with Crippen molar-refractivity contribution in [3.05, 3.63) is 0 Å². The largest absolute Gasteiger partial charge is 0.463 e. The Kier molecular flexibility index (Phi) is 8.74. The van der Waals surface area contributed by atoms with Gasteiger partial charge in [0.15, 0.2) is 0 Å². The van der Waals surface area contributed by atoms with Crippen molar-refractivity contribution in [2.24, 2.45) is 0 Å². The number of hydrogen-bond donors (Lipinski definition) is 0. The number of halogens is 3. The van der Waals surface area contributed by atoms with Crippen molar-refractivity contribution >= 4 is 5.97 Å². The van der Waals surface area contributed by atoms with Gasteiger partial charge in [-0.25, -0.2) is 0 Å². The lowest BCUT2D eigenvalue weighted by molar-refractivity contribution is -0.174. The fraction of sp³-hybridized carbons (Fsp3) is 0.909. The van der Waals surface area contributed by atoms with Gasteiger partial charge < -0.3 is 14.2 Å². The molecule has 0 aliphatic rings. The molecule has 0 spiro atoms. The van der Waals surface area contributed by atoms with Crippen LogP contribution in [-0.4, -0.2) is 44.7 Å². The number of esters is 1. The Labute approximate surface area is 104 Å². The van der Waals surface area contributed by atoms with Crippen LogP contribution in [0.4, 0.5) is 13.2 Å². The molecule has 4 nitrogen and oxygen atoms in total. The SMILES string of the molecule is CCCOCCOC(C)COC(=O)CC(F)(F)F. The molecule has 0 aromatic heterocycles. The van der Waals surface area contributed by atoms with E-state index in [1.54, 1.807) is 6.92 Å². The molecule has 0 saturated carbocycles. The van der Waals surface area contributed by atoms with Crippen LogP contribution in [0.25, 0.3) is 0 Å². The second kappa shape index (κ2) is 9.16. The molecule has 0 N–H and O–H groups in total. The van der Waals surface area contributed by atoms with Crippen molar-refractivity contribution in [3.8, 4) is 0 Å². The quantitative estimate of drug-likeness (QED) is 0.477. The number of rotatable bonds is 9. The molecule has 0 heterocycles. The average molecular weight is 272 g/mol. The molecule has 0 rings (SSSR count). The lowest BCUT2D eigenvalue weighted by Crippen LogP contribution is -2.23. The summed E-state index contributed by atoms with van der Waals surface area (Å²) in [6, 6.07) is 0. The molecule has 18 heavy (non-hydrogen) atoms. The first-order valence-corrected chi connectivity index (χ1v) is 5.77. The summed E-state index contributed by atoms with van der Waals surface area (Å²) in [6.45, 7) is 4.76. The van der Waals surface area contributed by atoms with Crippen LogP contribution < -0.4 is 0 Å². The predicted molar refractivity (Wildman–Crippen MR) is 58.2 cm³/mol. The first-order valence-electron chi connectivity index (χ1n) is 5.77. The first kappa shape index (κ1) is 17.2. The van der Waals surface area contributed by atoms with Crippen molar-refractivity contribution in [2.75, 3.05) is 26.4 Å². The van der Waals surface area contributed by atoms with E-state index in [0.717, 1.165) is 6.42 Å². The van der Waals surface area contributed by atoms with E-state index in [4.69, 9.17) is 9.47 Å². The van der Waals surface area contributed by atoms with Crippen molar-refractivity contribution in [3.63, 3.8) is 0 Å². The second-order valence-electron chi connectivity index (χ2n) is 3.77. The Hall–Kier alpha value is -0.820. The summed E-state index contributed by atoms with van der Waals surface area (Å²) in [5, 5.41) is 0. The van der Waals surface area contributed by atoms with Crippen molar-refractivity contribution < 1.29 is 32.2 Å². The molecule has 0 fully saturated rings. The van der Waals surface area contributed by atoms with Gasteiger partial charge >= 0.3 is 12.1 Å². The zero-order valence-corrected chi connectivity index (χ0v) is 10.6. The Morgan fingerprint density at radius 2 is 1.89 bits per heavy atom. The average Bonchev–Trinajstić information content (AvgIpc) is 2.24. The van der Waals surface area contributed by atoms with Crippen LogP contribution in [0.15, 0.2) is 0 Å². The van der Waals surface area contributed by atoms with Crippen molar-refractivity contribution in [1.29, 1.82) is 0 Å². The molecular formula is C11H19F3O4. The standard InChI is InChI=1S/C11H19F3O4/c1-3-4-16-5-6-17-9(2)8-18-10(15)7-11(12,13)14/h9H,3-8H2,1-2H3. The maximum atomic E-state index is 11.8. The van der Waals surface area contributed by atoms with E-state index in [1.807, 2.05) is 6.92 Å². The highest BCUT2D eigenvalue weighted by Gasteiger charge is 2.32. The smallest absolute Gasteiger partial charge is 0.399 e. The molecule has 0 aliphatic heterocycles. The van der Waals surface area contributed by atoms with Crippen LogP contribution in [0.3, 0.4) is 0 Å². The van der Waals surface area contributed by atoms with Gasteiger partial charge in [0.2, 0.25) is 0 Å². The molecule has 0 radical (unpaired) electrons. The van der Waals surface area contributed by atoms with E-state index in [2.05, 4.69) is 4.74 Å². The molecule has 0 aromatic rings. The third-order valence-electron chi connectivity index (χ3n) is 1.80. The van der Waals surface area contributed by atoms with E-state index in [9.17, 15) is 18.0 Å². The highest BCUT2D eigenvalue weighted by Crippen LogP contribution is 2.19. The summed E-state index contributed by atoms with van der Waals surface area (Å²) in [7, 11) is 0. The minimum absolute atomic E-state index is 0.192. The zero-order chi connectivity index (χ0) is 14.0. The van der Waals surface area contributed by atoms with Crippen LogP contribution in [0.2, 0.25) is 0 Å². The van der Waals surface area contributed by atoms with Gasteiger partial charge in [-0.15, -0.1) is 0 Å². The third-order valence-corrected chi connectivity index (χ3v) is 1.80. The van der Waals surface area contributed by atoms with Crippen LogP contribution >= 0.6 is 0 Å². The first-order chi connectivity index (χ1) is 8.35. The van der Waals surface area contributed by atoms with Gasteiger partial charge in [-0.3, -0.25) is 4.79 Å². The summed E-state index contributed by atoms with van der Waals surface area (Å²) >= 11 is 0. The number of ether oxygens (including phenoxy) is 3. The fourth-order valence-electron chi connectivity index (χ4n) is 1.03. The number of carbonyl (C=O) groups is 1. The van der Waals surface area contributed by atoms with Gasteiger partial charge in [-0.2, -0.15) is 13.2 Å². The highest BCUT2D eigenvalue weighted by molar-refractivity contribution is 5.70. The van der Waals surface area contributed by atoms with E-state index in [-0.39, 0.29) is 6.61 Å². The second-order valence-corrected chi connectivity index (χ2v) is 3.77. The zero-order valence-electron chi connectivity index (χ0n) is 10.6. The monoisotopic (exact) mass is 272 g/mol. The van der Waals surface area contributed by atoms with Crippen molar-refractivity contribution in [1.82, 2.24) is 0 Å². The van der Waals surface area contributed by atoms with Gasteiger partial charge in [-0.05, 0) is 13.3 Å². The van der Waals surface area contributed by atoms with Gasteiger partial charge in [-0.1, -0.05) is 6.92 Å². The predicted octanol–water partition coefficient (Wildman–Crippen LogP) is 2.31. The molecule has 1 unspecified atom stereocenters. The molecule has 0 aliphatic carbocycles. The van der Waals surface area contributed by atoms with Gasteiger partial charge in [0.25, 0.3) is 0 Å². The third kappa shape index (κ3) is 11.7.